The van der Waals surface area contributed by atoms with Gasteiger partial charge in [0.15, 0.2) is 0 Å². The van der Waals surface area contributed by atoms with Crippen LogP contribution in [-0.2, 0) is 19.1 Å². The van der Waals surface area contributed by atoms with E-state index in [2.05, 4.69) is 14.8 Å². The zero-order valence-electron chi connectivity index (χ0n) is 11.2. The molecule has 2 N–H and O–H groups in total. The maximum atomic E-state index is 11.6. The van der Waals surface area contributed by atoms with E-state index >= 15 is 0 Å². The second-order valence-electron chi connectivity index (χ2n) is 3.82. The minimum atomic E-state index is -0.772. The van der Waals surface area contributed by atoms with Gasteiger partial charge in [-0.1, -0.05) is 11.6 Å². The van der Waals surface area contributed by atoms with Crippen LogP contribution < -0.4 is 5.32 Å². The van der Waals surface area contributed by atoms with Gasteiger partial charge in [0.25, 0.3) is 0 Å². The molecule has 0 unspecified atom stereocenters. The highest BCUT2D eigenvalue weighted by molar-refractivity contribution is 6.33. The van der Waals surface area contributed by atoms with E-state index < -0.39 is 11.9 Å². The number of benzene rings is 1. The van der Waals surface area contributed by atoms with Crippen LogP contribution >= 0.6 is 11.6 Å². The molecule has 0 spiro atoms. The van der Waals surface area contributed by atoms with Crippen molar-refractivity contribution >= 4 is 29.2 Å². The second kappa shape index (κ2) is 6.81. The van der Waals surface area contributed by atoms with E-state index in [0.717, 1.165) is 6.08 Å². The summed E-state index contributed by atoms with van der Waals surface area (Å²) in [5.41, 5.74) is 0.678. The minimum absolute atomic E-state index is 0.000756. The van der Waals surface area contributed by atoms with Crippen molar-refractivity contribution in [3.05, 3.63) is 34.5 Å². The molecular formula is C13H14ClNO5. The van der Waals surface area contributed by atoms with Crippen LogP contribution in [0.4, 0.5) is 5.69 Å². The van der Waals surface area contributed by atoms with Crippen LogP contribution in [-0.4, -0.2) is 31.3 Å². The number of rotatable bonds is 4. The SMILES string of the molecule is COC(=O)/C=C(/Nc1cc(O)c(C)cc1Cl)C(=O)OC. The van der Waals surface area contributed by atoms with Gasteiger partial charge in [-0.15, -0.1) is 0 Å². The molecule has 1 rings (SSSR count). The quantitative estimate of drug-likeness (QED) is 0.653. The van der Waals surface area contributed by atoms with Crippen molar-refractivity contribution in [3.63, 3.8) is 0 Å². The van der Waals surface area contributed by atoms with Crippen LogP contribution in [0.1, 0.15) is 5.56 Å². The number of aromatic hydroxyl groups is 1. The van der Waals surface area contributed by atoms with Gasteiger partial charge in [-0.3, -0.25) is 0 Å². The summed E-state index contributed by atoms with van der Waals surface area (Å²) in [6.07, 6.45) is 0.930. The number of anilines is 1. The van der Waals surface area contributed by atoms with Gasteiger partial charge in [-0.25, -0.2) is 9.59 Å². The first kappa shape index (κ1) is 15.8. The fraction of sp³-hybridized carbons (Fsp3) is 0.231. The van der Waals surface area contributed by atoms with Crippen LogP contribution in [0.3, 0.4) is 0 Å². The molecule has 0 aromatic heterocycles. The summed E-state index contributed by atoms with van der Waals surface area (Å²) >= 11 is 5.99. The molecule has 20 heavy (non-hydrogen) atoms. The predicted octanol–water partition coefficient (Wildman–Crippen LogP) is 2.00. The van der Waals surface area contributed by atoms with E-state index in [-0.39, 0.29) is 22.2 Å². The number of nitrogens with one attached hydrogen (secondary N) is 1. The lowest BCUT2D eigenvalue weighted by Crippen LogP contribution is -2.15. The number of carbonyl (C=O) groups excluding carboxylic acids is 2. The molecule has 0 amide bonds. The Bertz CT molecular complexity index is 568. The Labute approximate surface area is 120 Å². The summed E-state index contributed by atoms with van der Waals surface area (Å²) in [4.78, 5) is 22.8. The van der Waals surface area contributed by atoms with Crippen molar-refractivity contribution in [2.24, 2.45) is 0 Å². The van der Waals surface area contributed by atoms with E-state index in [0.29, 0.717) is 5.56 Å². The molecule has 0 aliphatic carbocycles. The van der Waals surface area contributed by atoms with Crippen molar-refractivity contribution < 1.29 is 24.2 Å². The maximum Gasteiger partial charge on any atom is 0.354 e. The average molecular weight is 300 g/mol. The molecule has 0 saturated carbocycles. The number of ether oxygens (including phenoxy) is 2. The number of aryl methyl sites for hydroxylation is 1. The smallest absolute Gasteiger partial charge is 0.354 e. The maximum absolute atomic E-state index is 11.6. The van der Waals surface area contributed by atoms with Crippen molar-refractivity contribution in [3.8, 4) is 5.75 Å². The van der Waals surface area contributed by atoms with Gasteiger partial charge in [-0.2, -0.15) is 0 Å². The van der Waals surface area contributed by atoms with Gasteiger partial charge < -0.3 is 19.9 Å². The highest BCUT2D eigenvalue weighted by Gasteiger charge is 2.15. The van der Waals surface area contributed by atoms with E-state index in [1.54, 1.807) is 6.92 Å². The molecule has 0 bridgehead atoms. The normalized spacial score (nSPS) is 10.9. The van der Waals surface area contributed by atoms with Crippen LogP contribution in [0.15, 0.2) is 23.9 Å². The highest BCUT2D eigenvalue weighted by atomic mass is 35.5. The molecule has 0 aliphatic heterocycles. The Morgan fingerprint density at radius 2 is 1.95 bits per heavy atom. The van der Waals surface area contributed by atoms with Gasteiger partial charge in [0.05, 0.1) is 31.0 Å². The molecule has 0 aliphatic rings. The molecule has 108 valence electrons. The number of phenols is 1. The molecule has 6 nitrogen and oxygen atoms in total. The molecule has 0 heterocycles. The largest absolute Gasteiger partial charge is 0.508 e. The van der Waals surface area contributed by atoms with Crippen LogP contribution in [0.25, 0.3) is 0 Å². The Balaban J connectivity index is 3.14. The zero-order valence-corrected chi connectivity index (χ0v) is 11.9. The number of phenolic OH excluding ortho intramolecular Hbond substituents is 1. The Kier molecular flexibility index (Phi) is 5.40. The van der Waals surface area contributed by atoms with Crippen LogP contribution in [0, 0.1) is 6.92 Å². The monoisotopic (exact) mass is 299 g/mol. The third-order valence-corrected chi connectivity index (χ3v) is 2.74. The molecule has 1 aromatic carbocycles. The molecule has 1 aromatic rings. The summed E-state index contributed by atoms with van der Waals surface area (Å²) in [6, 6.07) is 2.86. The molecule has 0 atom stereocenters. The fourth-order valence-electron chi connectivity index (χ4n) is 1.33. The van der Waals surface area contributed by atoms with Gasteiger partial charge in [0.2, 0.25) is 0 Å². The second-order valence-corrected chi connectivity index (χ2v) is 4.22. The first-order valence-electron chi connectivity index (χ1n) is 5.53. The molecular weight excluding hydrogens is 286 g/mol. The van der Waals surface area contributed by atoms with Crippen molar-refractivity contribution in [2.75, 3.05) is 19.5 Å². The lowest BCUT2D eigenvalue weighted by atomic mass is 10.2. The number of methoxy groups -OCH3 is 2. The molecule has 0 radical (unpaired) electrons. The first-order valence-corrected chi connectivity index (χ1v) is 5.91. The molecule has 0 saturated heterocycles. The van der Waals surface area contributed by atoms with Crippen molar-refractivity contribution in [1.29, 1.82) is 0 Å². The third kappa shape index (κ3) is 3.89. The third-order valence-electron chi connectivity index (χ3n) is 2.42. The van der Waals surface area contributed by atoms with Crippen LogP contribution in [0.5, 0.6) is 5.75 Å². The Hall–Kier alpha value is -2.21. The van der Waals surface area contributed by atoms with Crippen LogP contribution in [0.2, 0.25) is 5.02 Å². The number of hydrogen-bond acceptors (Lipinski definition) is 6. The first-order chi connectivity index (χ1) is 9.38. The molecule has 7 heteroatoms. The minimum Gasteiger partial charge on any atom is -0.508 e. The predicted molar refractivity (Wildman–Crippen MR) is 73.6 cm³/mol. The summed E-state index contributed by atoms with van der Waals surface area (Å²) in [5, 5.41) is 12.5. The van der Waals surface area contributed by atoms with Gasteiger partial charge in [0, 0.05) is 6.07 Å². The van der Waals surface area contributed by atoms with E-state index in [1.807, 2.05) is 0 Å². The van der Waals surface area contributed by atoms with E-state index in [1.165, 1.54) is 26.4 Å². The van der Waals surface area contributed by atoms with E-state index in [9.17, 15) is 14.7 Å². The van der Waals surface area contributed by atoms with Gasteiger partial charge in [-0.05, 0) is 18.6 Å². The lowest BCUT2D eigenvalue weighted by Gasteiger charge is -2.12. The van der Waals surface area contributed by atoms with Gasteiger partial charge >= 0.3 is 11.9 Å². The summed E-state index contributed by atoms with van der Waals surface area (Å²) in [5.74, 6) is -1.50. The lowest BCUT2D eigenvalue weighted by molar-refractivity contribution is -0.138. The van der Waals surface area contributed by atoms with Crippen molar-refractivity contribution in [1.82, 2.24) is 0 Å². The number of carbonyl (C=O) groups is 2. The topological polar surface area (TPSA) is 84.9 Å². The number of esters is 2. The molecule has 0 fully saturated rings. The summed E-state index contributed by atoms with van der Waals surface area (Å²) < 4.78 is 8.98. The van der Waals surface area contributed by atoms with E-state index in [4.69, 9.17) is 11.6 Å². The number of hydrogen-bond donors (Lipinski definition) is 2. The Morgan fingerprint density at radius 3 is 2.50 bits per heavy atom. The highest BCUT2D eigenvalue weighted by Crippen LogP contribution is 2.30. The standard InChI is InChI=1S/C13H14ClNO5/c1-7-4-8(14)9(5-11(7)16)15-10(13(18)20-3)6-12(17)19-2/h4-6,15-16H,1-3H3/b10-6+. The summed E-state index contributed by atoms with van der Waals surface area (Å²) in [6.45, 7) is 1.68. The fourth-order valence-corrected chi connectivity index (χ4v) is 1.60. The summed E-state index contributed by atoms with van der Waals surface area (Å²) in [7, 11) is 2.35. The Morgan fingerprint density at radius 1 is 1.30 bits per heavy atom. The van der Waals surface area contributed by atoms with Gasteiger partial charge in [0.1, 0.15) is 11.4 Å². The zero-order chi connectivity index (χ0) is 15.3. The number of halogens is 1. The average Bonchev–Trinajstić information content (AvgIpc) is 2.42. The van der Waals surface area contributed by atoms with Crippen molar-refractivity contribution in [2.45, 2.75) is 6.92 Å².